The molecule has 0 aliphatic carbocycles. The zero-order valence-electron chi connectivity index (χ0n) is 13.0. The van der Waals surface area contributed by atoms with Crippen LogP contribution in [0.25, 0.3) is 0 Å². The van der Waals surface area contributed by atoms with Gasteiger partial charge in [-0.25, -0.2) is 0 Å². The van der Waals surface area contributed by atoms with Gasteiger partial charge in [0.1, 0.15) is 11.9 Å². The van der Waals surface area contributed by atoms with Crippen LogP contribution in [0.5, 0.6) is 5.75 Å². The number of carbonyl (C=O) groups excluding carboxylic acids is 1. The van der Waals surface area contributed by atoms with Gasteiger partial charge in [-0.05, 0) is 41.4 Å². The van der Waals surface area contributed by atoms with Crippen LogP contribution in [-0.2, 0) is 16.0 Å². The maximum Gasteiger partial charge on any atom is 0.224 e. The average molecular weight is 332 g/mol. The molecule has 1 saturated heterocycles. The standard InChI is InChI=1S/C17H20N2O3S/c1-12-2-3-14(9-18-12)22-16-4-6-21-10-15(16)19-17(20)8-13-5-7-23-11-13/h2-3,5,7,9,11,15-16H,4,6,8,10H2,1H3,(H,19,20)/t15-,16+/m1/s1. The maximum absolute atomic E-state index is 12.2. The molecule has 2 aromatic rings. The van der Waals surface area contributed by atoms with Gasteiger partial charge in [-0.3, -0.25) is 9.78 Å². The average Bonchev–Trinajstić information content (AvgIpc) is 3.04. The van der Waals surface area contributed by atoms with Gasteiger partial charge in [0.15, 0.2) is 0 Å². The first-order chi connectivity index (χ1) is 11.2. The highest BCUT2D eigenvalue weighted by Gasteiger charge is 2.29. The highest BCUT2D eigenvalue weighted by molar-refractivity contribution is 7.07. The SMILES string of the molecule is Cc1ccc(O[C@H]2CCOC[C@H]2NC(=O)Cc2ccsc2)cn1. The number of amides is 1. The zero-order valence-corrected chi connectivity index (χ0v) is 13.8. The Balaban J connectivity index is 1.59. The molecule has 23 heavy (non-hydrogen) atoms. The first-order valence-corrected chi connectivity index (χ1v) is 8.62. The zero-order chi connectivity index (χ0) is 16.1. The summed E-state index contributed by atoms with van der Waals surface area (Å²) in [5.41, 5.74) is 1.98. The number of nitrogens with zero attached hydrogens (tertiary/aromatic N) is 1. The number of hydrogen-bond acceptors (Lipinski definition) is 5. The Morgan fingerprint density at radius 2 is 2.39 bits per heavy atom. The molecule has 1 aliphatic rings. The Labute approximate surface area is 139 Å². The highest BCUT2D eigenvalue weighted by Crippen LogP contribution is 2.18. The van der Waals surface area contributed by atoms with Crippen molar-refractivity contribution in [2.45, 2.75) is 31.9 Å². The molecule has 0 radical (unpaired) electrons. The molecule has 0 unspecified atom stereocenters. The van der Waals surface area contributed by atoms with Crippen LogP contribution in [0.2, 0.25) is 0 Å². The minimum Gasteiger partial charge on any atom is -0.486 e. The van der Waals surface area contributed by atoms with Crippen molar-refractivity contribution in [2.24, 2.45) is 0 Å². The minimum absolute atomic E-state index is 0.00506. The molecule has 122 valence electrons. The van der Waals surface area contributed by atoms with Crippen LogP contribution >= 0.6 is 11.3 Å². The Morgan fingerprint density at radius 1 is 1.48 bits per heavy atom. The summed E-state index contributed by atoms with van der Waals surface area (Å²) in [6, 6.07) is 5.64. The van der Waals surface area contributed by atoms with Crippen LogP contribution in [0.1, 0.15) is 17.7 Å². The van der Waals surface area contributed by atoms with Crippen LogP contribution in [0.3, 0.4) is 0 Å². The van der Waals surface area contributed by atoms with E-state index in [-0.39, 0.29) is 18.1 Å². The largest absolute Gasteiger partial charge is 0.486 e. The van der Waals surface area contributed by atoms with Crippen LogP contribution in [0, 0.1) is 6.92 Å². The molecule has 5 nitrogen and oxygen atoms in total. The first-order valence-electron chi connectivity index (χ1n) is 7.68. The van der Waals surface area contributed by atoms with E-state index in [1.54, 1.807) is 17.5 Å². The molecule has 6 heteroatoms. The summed E-state index contributed by atoms with van der Waals surface area (Å²) in [4.78, 5) is 16.4. The fourth-order valence-corrected chi connectivity index (χ4v) is 3.20. The van der Waals surface area contributed by atoms with E-state index in [0.29, 0.717) is 19.6 Å². The van der Waals surface area contributed by atoms with Gasteiger partial charge in [-0.1, -0.05) is 0 Å². The van der Waals surface area contributed by atoms with Gasteiger partial charge in [-0.15, -0.1) is 0 Å². The van der Waals surface area contributed by atoms with Crippen molar-refractivity contribution >= 4 is 17.2 Å². The normalized spacial score (nSPS) is 20.9. The van der Waals surface area contributed by atoms with Crippen LogP contribution in [-0.4, -0.2) is 36.3 Å². The molecule has 0 aromatic carbocycles. The fourth-order valence-electron chi connectivity index (χ4n) is 2.53. The minimum atomic E-state index is -0.142. The van der Waals surface area contributed by atoms with E-state index in [1.807, 2.05) is 35.9 Å². The molecule has 1 aliphatic heterocycles. The summed E-state index contributed by atoms with van der Waals surface area (Å²) >= 11 is 1.59. The number of rotatable bonds is 5. The molecular formula is C17H20N2O3S. The lowest BCUT2D eigenvalue weighted by molar-refractivity contribution is -0.123. The maximum atomic E-state index is 12.2. The van der Waals surface area contributed by atoms with Gasteiger partial charge in [0.05, 0.1) is 31.9 Å². The molecule has 2 aromatic heterocycles. The van der Waals surface area contributed by atoms with E-state index < -0.39 is 0 Å². The summed E-state index contributed by atoms with van der Waals surface area (Å²) in [7, 11) is 0. The van der Waals surface area contributed by atoms with Crippen LogP contribution in [0.4, 0.5) is 0 Å². The van der Waals surface area contributed by atoms with Crippen molar-refractivity contribution in [1.29, 1.82) is 0 Å². The van der Waals surface area contributed by atoms with Crippen molar-refractivity contribution in [3.05, 3.63) is 46.4 Å². The van der Waals surface area contributed by atoms with E-state index in [0.717, 1.165) is 23.4 Å². The predicted octanol–water partition coefficient (Wildman–Crippen LogP) is 2.35. The fraction of sp³-hybridized carbons (Fsp3) is 0.412. The second-order valence-electron chi connectivity index (χ2n) is 5.64. The third kappa shape index (κ3) is 4.53. The third-order valence-corrected chi connectivity index (χ3v) is 4.49. The molecule has 2 atom stereocenters. The van der Waals surface area contributed by atoms with Gasteiger partial charge in [0.25, 0.3) is 0 Å². The summed E-state index contributed by atoms with van der Waals surface area (Å²) in [6.07, 6.45) is 2.75. The van der Waals surface area contributed by atoms with Crippen LogP contribution in [0.15, 0.2) is 35.2 Å². The van der Waals surface area contributed by atoms with Gasteiger partial charge >= 0.3 is 0 Å². The summed E-state index contributed by atoms with van der Waals surface area (Å²) in [5.74, 6) is 0.717. The number of hydrogen-bond donors (Lipinski definition) is 1. The molecular weight excluding hydrogens is 312 g/mol. The van der Waals surface area contributed by atoms with Crippen molar-refractivity contribution < 1.29 is 14.3 Å². The Bertz CT molecular complexity index is 628. The quantitative estimate of drug-likeness (QED) is 0.913. The van der Waals surface area contributed by atoms with Crippen molar-refractivity contribution in [3.8, 4) is 5.75 Å². The Morgan fingerprint density at radius 3 is 3.13 bits per heavy atom. The predicted molar refractivity (Wildman–Crippen MR) is 88.8 cm³/mol. The number of thiophene rings is 1. The third-order valence-electron chi connectivity index (χ3n) is 3.76. The molecule has 1 fully saturated rings. The lowest BCUT2D eigenvalue weighted by atomic mass is 10.1. The van der Waals surface area contributed by atoms with Gasteiger partial charge in [0.2, 0.25) is 5.91 Å². The van der Waals surface area contributed by atoms with Crippen molar-refractivity contribution in [3.63, 3.8) is 0 Å². The second-order valence-corrected chi connectivity index (χ2v) is 6.42. The Hall–Kier alpha value is -1.92. The number of pyridine rings is 1. The summed E-state index contributed by atoms with van der Waals surface area (Å²) < 4.78 is 11.5. The molecule has 0 spiro atoms. The lowest BCUT2D eigenvalue weighted by Gasteiger charge is -2.32. The summed E-state index contributed by atoms with van der Waals surface area (Å²) in [5, 5.41) is 7.00. The molecule has 1 amide bonds. The number of carbonyl (C=O) groups is 1. The van der Waals surface area contributed by atoms with Crippen molar-refractivity contribution in [2.75, 3.05) is 13.2 Å². The van der Waals surface area contributed by atoms with Crippen LogP contribution < -0.4 is 10.1 Å². The molecule has 1 N–H and O–H groups in total. The number of ether oxygens (including phenoxy) is 2. The van der Waals surface area contributed by atoms with E-state index in [2.05, 4.69) is 10.3 Å². The topological polar surface area (TPSA) is 60.5 Å². The van der Waals surface area contributed by atoms with E-state index >= 15 is 0 Å². The molecule has 3 rings (SSSR count). The van der Waals surface area contributed by atoms with Crippen molar-refractivity contribution in [1.82, 2.24) is 10.3 Å². The molecule has 3 heterocycles. The van der Waals surface area contributed by atoms with E-state index in [9.17, 15) is 4.79 Å². The molecule has 0 saturated carbocycles. The second kappa shape index (κ2) is 7.57. The monoisotopic (exact) mass is 332 g/mol. The smallest absolute Gasteiger partial charge is 0.224 e. The summed E-state index contributed by atoms with van der Waals surface area (Å²) in [6.45, 7) is 3.05. The lowest BCUT2D eigenvalue weighted by Crippen LogP contribution is -2.52. The van der Waals surface area contributed by atoms with Gasteiger partial charge in [-0.2, -0.15) is 11.3 Å². The number of aryl methyl sites for hydroxylation is 1. The number of nitrogens with one attached hydrogen (secondary N) is 1. The van der Waals surface area contributed by atoms with Gasteiger partial charge < -0.3 is 14.8 Å². The van der Waals surface area contributed by atoms with Gasteiger partial charge in [0, 0.05) is 12.1 Å². The Kier molecular flexibility index (Phi) is 5.25. The highest BCUT2D eigenvalue weighted by atomic mass is 32.1. The van der Waals surface area contributed by atoms with E-state index in [1.165, 1.54) is 0 Å². The first kappa shape index (κ1) is 16.0. The van der Waals surface area contributed by atoms with E-state index in [4.69, 9.17) is 9.47 Å². The number of aromatic nitrogens is 1. The molecule has 0 bridgehead atoms.